The van der Waals surface area contributed by atoms with Gasteiger partial charge in [0.15, 0.2) is 0 Å². The highest BCUT2D eigenvalue weighted by Crippen LogP contribution is 2.22. The molecule has 14 heavy (non-hydrogen) atoms. The molecule has 0 aliphatic carbocycles. The van der Waals surface area contributed by atoms with E-state index in [0.29, 0.717) is 10.9 Å². The molecule has 0 radical (unpaired) electrons. The number of esters is 1. The SMILES string of the molecule is COC(=O)c1csc2cc[nH]c(=O)c12. The van der Waals surface area contributed by atoms with Crippen molar-refractivity contribution in [2.24, 2.45) is 0 Å². The zero-order valence-corrected chi connectivity index (χ0v) is 8.18. The Bertz CT molecular complexity index is 540. The van der Waals surface area contributed by atoms with Crippen LogP contribution in [0.4, 0.5) is 0 Å². The molecule has 0 aromatic carbocycles. The first kappa shape index (κ1) is 8.96. The summed E-state index contributed by atoms with van der Waals surface area (Å²) in [6.45, 7) is 0. The highest BCUT2D eigenvalue weighted by Gasteiger charge is 2.14. The lowest BCUT2D eigenvalue weighted by molar-refractivity contribution is 0.0603. The summed E-state index contributed by atoms with van der Waals surface area (Å²) in [6, 6.07) is 1.76. The summed E-state index contributed by atoms with van der Waals surface area (Å²) in [4.78, 5) is 25.2. The number of H-pyrrole nitrogens is 1. The molecule has 2 rings (SSSR count). The van der Waals surface area contributed by atoms with Crippen LogP contribution in [0.3, 0.4) is 0 Å². The molecule has 2 aromatic heterocycles. The average Bonchev–Trinajstić information content (AvgIpc) is 2.62. The van der Waals surface area contributed by atoms with Gasteiger partial charge in [-0.25, -0.2) is 4.79 Å². The normalized spacial score (nSPS) is 10.4. The Hall–Kier alpha value is -1.62. The van der Waals surface area contributed by atoms with Crippen molar-refractivity contribution in [2.75, 3.05) is 7.11 Å². The molecule has 0 spiro atoms. The van der Waals surface area contributed by atoms with Crippen molar-refractivity contribution in [1.82, 2.24) is 4.98 Å². The van der Waals surface area contributed by atoms with Gasteiger partial charge in [-0.15, -0.1) is 11.3 Å². The van der Waals surface area contributed by atoms with Gasteiger partial charge in [-0.1, -0.05) is 0 Å². The molecular formula is C9H7NO3S. The average molecular weight is 209 g/mol. The van der Waals surface area contributed by atoms with Crippen molar-refractivity contribution in [1.29, 1.82) is 0 Å². The van der Waals surface area contributed by atoms with E-state index in [1.807, 2.05) is 0 Å². The molecule has 2 aromatic rings. The van der Waals surface area contributed by atoms with Crippen LogP contribution in [-0.4, -0.2) is 18.1 Å². The molecule has 2 heterocycles. The Morgan fingerprint density at radius 3 is 3.07 bits per heavy atom. The number of fused-ring (bicyclic) bond motifs is 1. The van der Waals surface area contributed by atoms with Crippen molar-refractivity contribution >= 4 is 27.4 Å². The van der Waals surface area contributed by atoms with Crippen molar-refractivity contribution in [3.05, 3.63) is 33.6 Å². The van der Waals surface area contributed by atoms with Crippen LogP contribution in [0.15, 0.2) is 22.4 Å². The summed E-state index contributed by atoms with van der Waals surface area (Å²) in [5.41, 5.74) is 0.0681. The fourth-order valence-corrected chi connectivity index (χ4v) is 2.18. The minimum absolute atomic E-state index is 0.260. The summed E-state index contributed by atoms with van der Waals surface area (Å²) in [5, 5.41) is 2.04. The minimum atomic E-state index is -0.479. The smallest absolute Gasteiger partial charge is 0.339 e. The number of ether oxygens (including phenoxy) is 1. The Kier molecular flexibility index (Phi) is 2.09. The highest BCUT2D eigenvalue weighted by atomic mass is 32.1. The predicted octanol–water partition coefficient (Wildman–Crippen LogP) is 1.38. The molecule has 0 unspecified atom stereocenters. The van der Waals surface area contributed by atoms with Crippen molar-refractivity contribution in [2.45, 2.75) is 0 Å². The number of rotatable bonds is 1. The van der Waals surface area contributed by atoms with Gasteiger partial charge in [0.25, 0.3) is 5.56 Å². The molecule has 0 atom stereocenters. The van der Waals surface area contributed by atoms with Crippen LogP contribution in [-0.2, 0) is 4.74 Å². The van der Waals surface area contributed by atoms with Crippen molar-refractivity contribution in [3.8, 4) is 0 Å². The van der Waals surface area contributed by atoms with Crippen LogP contribution in [0.2, 0.25) is 0 Å². The number of methoxy groups -OCH3 is 1. The first-order valence-corrected chi connectivity index (χ1v) is 4.79. The van der Waals surface area contributed by atoms with Gasteiger partial charge in [0.05, 0.1) is 18.1 Å². The fraction of sp³-hybridized carbons (Fsp3) is 0.111. The van der Waals surface area contributed by atoms with Gasteiger partial charge in [0.2, 0.25) is 0 Å². The van der Waals surface area contributed by atoms with Crippen LogP contribution < -0.4 is 5.56 Å². The van der Waals surface area contributed by atoms with E-state index in [4.69, 9.17) is 0 Å². The molecular weight excluding hydrogens is 202 g/mol. The lowest BCUT2D eigenvalue weighted by Crippen LogP contribution is -2.09. The highest BCUT2D eigenvalue weighted by molar-refractivity contribution is 7.17. The first-order chi connectivity index (χ1) is 6.74. The molecule has 4 nitrogen and oxygen atoms in total. The second-order valence-electron chi connectivity index (χ2n) is 2.69. The molecule has 1 N–H and O–H groups in total. The third-order valence-electron chi connectivity index (χ3n) is 1.90. The first-order valence-electron chi connectivity index (χ1n) is 3.91. The number of hydrogen-bond donors (Lipinski definition) is 1. The van der Waals surface area contributed by atoms with Gasteiger partial charge in [-0.05, 0) is 6.07 Å². The number of aromatic amines is 1. The van der Waals surface area contributed by atoms with E-state index in [1.54, 1.807) is 17.6 Å². The van der Waals surface area contributed by atoms with Gasteiger partial charge < -0.3 is 9.72 Å². The summed E-state index contributed by atoms with van der Waals surface area (Å²) in [6.07, 6.45) is 1.56. The number of nitrogens with one attached hydrogen (secondary N) is 1. The Balaban J connectivity index is 2.80. The fourth-order valence-electron chi connectivity index (χ4n) is 1.26. The Morgan fingerprint density at radius 1 is 1.57 bits per heavy atom. The third-order valence-corrected chi connectivity index (χ3v) is 2.85. The standard InChI is InChI=1S/C9H7NO3S/c1-13-9(12)5-4-14-6-2-3-10-8(11)7(5)6/h2-4H,1H3,(H,10,11). The maximum absolute atomic E-state index is 11.4. The topological polar surface area (TPSA) is 59.2 Å². The maximum atomic E-state index is 11.4. The van der Waals surface area contributed by atoms with Crippen LogP contribution in [0.25, 0.3) is 10.1 Å². The summed E-state index contributed by atoms with van der Waals surface area (Å²) in [5.74, 6) is -0.479. The van der Waals surface area contributed by atoms with Crippen LogP contribution >= 0.6 is 11.3 Å². The lowest BCUT2D eigenvalue weighted by Gasteiger charge is -1.94. The minimum Gasteiger partial charge on any atom is -0.465 e. The van der Waals surface area contributed by atoms with Crippen LogP contribution in [0.1, 0.15) is 10.4 Å². The molecule has 0 saturated carbocycles. The van der Waals surface area contributed by atoms with Crippen molar-refractivity contribution < 1.29 is 9.53 Å². The zero-order chi connectivity index (χ0) is 10.1. The number of aromatic nitrogens is 1. The van der Waals surface area contributed by atoms with E-state index in [9.17, 15) is 9.59 Å². The van der Waals surface area contributed by atoms with E-state index >= 15 is 0 Å². The molecule has 0 fully saturated rings. The Labute approximate surface area is 83.1 Å². The molecule has 5 heteroatoms. The molecule has 72 valence electrons. The van der Waals surface area contributed by atoms with E-state index in [1.165, 1.54) is 18.4 Å². The van der Waals surface area contributed by atoms with Crippen LogP contribution in [0, 0.1) is 0 Å². The van der Waals surface area contributed by atoms with E-state index in [0.717, 1.165) is 4.70 Å². The number of hydrogen-bond acceptors (Lipinski definition) is 4. The number of pyridine rings is 1. The van der Waals surface area contributed by atoms with Gasteiger partial charge in [0.1, 0.15) is 0 Å². The second kappa shape index (κ2) is 3.26. The quantitative estimate of drug-likeness (QED) is 0.722. The maximum Gasteiger partial charge on any atom is 0.339 e. The largest absolute Gasteiger partial charge is 0.465 e. The third kappa shape index (κ3) is 1.22. The van der Waals surface area contributed by atoms with Gasteiger partial charge in [0, 0.05) is 16.3 Å². The van der Waals surface area contributed by atoms with E-state index in [-0.39, 0.29) is 5.56 Å². The lowest BCUT2D eigenvalue weighted by atomic mass is 10.2. The summed E-state index contributed by atoms with van der Waals surface area (Å²) < 4.78 is 5.36. The monoisotopic (exact) mass is 209 g/mol. The number of thiophene rings is 1. The van der Waals surface area contributed by atoms with E-state index in [2.05, 4.69) is 9.72 Å². The van der Waals surface area contributed by atoms with Gasteiger partial charge >= 0.3 is 5.97 Å². The Morgan fingerprint density at radius 2 is 2.36 bits per heavy atom. The molecule has 0 aliphatic rings. The van der Waals surface area contributed by atoms with E-state index < -0.39 is 5.97 Å². The molecule has 0 saturated heterocycles. The van der Waals surface area contributed by atoms with Crippen molar-refractivity contribution in [3.63, 3.8) is 0 Å². The second-order valence-corrected chi connectivity index (χ2v) is 3.60. The van der Waals surface area contributed by atoms with Gasteiger partial charge in [-0.3, -0.25) is 4.79 Å². The zero-order valence-electron chi connectivity index (χ0n) is 7.37. The molecule has 0 aliphatic heterocycles. The summed E-state index contributed by atoms with van der Waals surface area (Å²) in [7, 11) is 1.29. The number of carbonyl (C=O) groups excluding carboxylic acids is 1. The van der Waals surface area contributed by atoms with Gasteiger partial charge in [-0.2, -0.15) is 0 Å². The molecule has 0 bridgehead atoms. The predicted molar refractivity (Wildman–Crippen MR) is 53.8 cm³/mol. The number of carbonyl (C=O) groups is 1. The van der Waals surface area contributed by atoms with Crippen LogP contribution in [0.5, 0.6) is 0 Å². The molecule has 0 amide bonds. The summed E-state index contributed by atoms with van der Waals surface area (Å²) >= 11 is 1.35.